The first-order valence-corrected chi connectivity index (χ1v) is 0.986. The van der Waals surface area contributed by atoms with Crippen LogP contribution >= 0.6 is 0 Å². The standard InChI is InChI=1S/C3H6.Ba.2H/c1-3-2;;;/h3H,1H2,2H3;;;. The van der Waals surface area contributed by atoms with Crippen LogP contribution < -0.4 is 0 Å². The quantitative estimate of drug-likeness (QED) is 0.372. The average Bonchev–Trinajstić information content (AvgIpc) is 0.918. The van der Waals surface area contributed by atoms with E-state index in [-0.39, 0.29) is 48.9 Å². The molecule has 0 fully saturated rings. The summed E-state index contributed by atoms with van der Waals surface area (Å²) in [5.74, 6) is 0. The summed E-state index contributed by atoms with van der Waals surface area (Å²) in [4.78, 5) is 0. The molecule has 0 saturated heterocycles. The molecule has 1 heteroatoms. The van der Waals surface area contributed by atoms with Gasteiger partial charge in [0.15, 0.2) is 0 Å². The molecule has 0 atom stereocenters. The minimum absolute atomic E-state index is 0. The van der Waals surface area contributed by atoms with Gasteiger partial charge < -0.3 is 0 Å². The molecule has 0 aromatic carbocycles. The van der Waals surface area contributed by atoms with Gasteiger partial charge >= 0.3 is 48.9 Å². The van der Waals surface area contributed by atoms with Gasteiger partial charge in [-0.25, -0.2) is 0 Å². The summed E-state index contributed by atoms with van der Waals surface area (Å²) >= 11 is 0. The fraction of sp³-hybridized carbons (Fsp3) is 0.333. The fourth-order valence-electron chi connectivity index (χ4n) is 0. The van der Waals surface area contributed by atoms with Crippen LogP contribution in [0.2, 0.25) is 0 Å². The van der Waals surface area contributed by atoms with E-state index in [0.29, 0.717) is 0 Å². The van der Waals surface area contributed by atoms with Crippen LogP contribution in [0.25, 0.3) is 0 Å². The van der Waals surface area contributed by atoms with Crippen molar-refractivity contribution in [1.29, 1.82) is 0 Å². The molecule has 0 amide bonds. The van der Waals surface area contributed by atoms with Crippen LogP contribution in [-0.2, 0) is 0 Å². The van der Waals surface area contributed by atoms with E-state index in [9.17, 15) is 0 Å². The topological polar surface area (TPSA) is 0 Å². The van der Waals surface area contributed by atoms with Crippen LogP contribution in [0.4, 0.5) is 0 Å². The molecule has 0 aromatic rings. The van der Waals surface area contributed by atoms with E-state index in [1.807, 2.05) is 6.92 Å². The molecular weight excluding hydrogens is 173 g/mol. The summed E-state index contributed by atoms with van der Waals surface area (Å²) in [6, 6.07) is 0. The van der Waals surface area contributed by atoms with Crippen molar-refractivity contribution in [2.24, 2.45) is 0 Å². The molecule has 0 spiro atoms. The molecule has 0 radical (unpaired) electrons. The molecule has 0 nitrogen and oxygen atoms in total. The maximum absolute atomic E-state index is 3.36. The van der Waals surface area contributed by atoms with Gasteiger partial charge in [-0.05, 0) is 6.92 Å². The van der Waals surface area contributed by atoms with Crippen molar-refractivity contribution in [1.82, 2.24) is 0 Å². The van der Waals surface area contributed by atoms with E-state index in [2.05, 4.69) is 6.58 Å². The Morgan fingerprint density at radius 3 is 1.75 bits per heavy atom. The van der Waals surface area contributed by atoms with Gasteiger partial charge in [-0.2, -0.15) is 0 Å². The van der Waals surface area contributed by atoms with Gasteiger partial charge in [-0.15, -0.1) is 6.58 Å². The molecule has 0 aliphatic carbocycles. The van der Waals surface area contributed by atoms with E-state index in [0.717, 1.165) is 0 Å². The molecule has 0 bridgehead atoms. The molecule has 0 heterocycles. The molecule has 0 saturated carbocycles. The second kappa shape index (κ2) is 8.85. The van der Waals surface area contributed by atoms with Crippen molar-refractivity contribution >= 4 is 48.9 Å². The third kappa shape index (κ3) is 10.3. The fourth-order valence-corrected chi connectivity index (χ4v) is 0. The maximum atomic E-state index is 3.36. The predicted molar refractivity (Wildman–Crippen MR) is 24.4 cm³/mol. The Hall–Kier alpha value is 1.31. The van der Waals surface area contributed by atoms with Crippen LogP contribution in [0.1, 0.15) is 6.92 Å². The van der Waals surface area contributed by atoms with Crippen molar-refractivity contribution in [3.8, 4) is 0 Å². The van der Waals surface area contributed by atoms with Gasteiger partial charge in [-0.1, -0.05) is 6.08 Å². The van der Waals surface area contributed by atoms with Crippen molar-refractivity contribution in [3.05, 3.63) is 12.7 Å². The first-order valence-electron chi connectivity index (χ1n) is 0.986. The second-order valence-electron chi connectivity index (χ2n) is 0.408. The summed E-state index contributed by atoms with van der Waals surface area (Å²) in [6.45, 7) is 5.25. The minimum atomic E-state index is 0. The van der Waals surface area contributed by atoms with Crippen LogP contribution in [0.15, 0.2) is 12.7 Å². The Labute approximate surface area is 67.4 Å². The number of hydrogen-bond donors (Lipinski definition) is 0. The molecule has 0 N–H and O–H groups in total. The number of hydrogen-bond acceptors (Lipinski definition) is 0. The first kappa shape index (κ1) is 9.00. The Balaban J connectivity index is 0. The van der Waals surface area contributed by atoms with E-state index in [1.54, 1.807) is 6.08 Å². The third-order valence-corrected chi connectivity index (χ3v) is 0. The van der Waals surface area contributed by atoms with Gasteiger partial charge in [0.1, 0.15) is 0 Å². The zero-order chi connectivity index (χ0) is 2.71. The van der Waals surface area contributed by atoms with Crippen molar-refractivity contribution in [2.45, 2.75) is 6.92 Å². The van der Waals surface area contributed by atoms with Crippen LogP contribution in [-0.4, -0.2) is 48.9 Å². The zero-order valence-corrected chi connectivity index (χ0v) is 2.28. The SMILES string of the molecule is C=CC.[BaH2]. The van der Waals surface area contributed by atoms with E-state index >= 15 is 0 Å². The van der Waals surface area contributed by atoms with Crippen LogP contribution in [0, 0.1) is 0 Å². The summed E-state index contributed by atoms with van der Waals surface area (Å²) in [5, 5.41) is 0. The van der Waals surface area contributed by atoms with Crippen molar-refractivity contribution in [3.63, 3.8) is 0 Å². The molecule has 4 heavy (non-hydrogen) atoms. The Kier molecular flexibility index (Phi) is 19.9. The molecule has 0 aliphatic heterocycles. The average molecular weight is 181 g/mol. The monoisotopic (exact) mass is 182 g/mol. The van der Waals surface area contributed by atoms with Gasteiger partial charge in [0.2, 0.25) is 0 Å². The van der Waals surface area contributed by atoms with Crippen LogP contribution in [0.3, 0.4) is 0 Å². The van der Waals surface area contributed by atoms with Gasteiger partial charge in [0.05, 0.1) is 0 Å². The molecule has 22 valence electrons. The normalized spacial score (nSPS) is 3.25. The zero-order valence-electron chi connectivity index (χ0n) is 2.28. The number of rotatable bonds is 0. The van der Waals surface area contributed by atoms with Gasteiger partial charge in [0.25, 0.3) is 0 Å². The van der Waals surface area contributed by atoms with Crippen LogP contribution in [0.5, 0.6) is 0 Å². The summed E-state index contributed by atoms with van der Waals surface area (Å²) < 4.78 is 0. The van der Waals surface area contributed by atoms with Gasteiger partial charge in [0, 0.05) is 0 Å². The molecule has 0 aliphatic rings. The number of allylic oxidation sites excluding steroid dienone is 1. The Morgan fingerprint density at radius 1 is 1.75 bits per heavy atom. The van der Waals surface area contributed by atoms with E-state index < -0.39 is 0 Å². The molecule has 0 unspecified atom stereocenters. The summed E-state index contributed by atoms with van der Waals surface area (Å²) in [6.07, 6.45) is 1.75. The van der Waals surface area contributed by atoms with E-state index in [4.69, 9.17) is 0 Å². The van der Waals surface area contributed by atoms with E-state index in [1.165, 1.54) is 0 Å². The van der Waals surface area contributed by atoms with Crippen molar-refractivity contribution in [2.75, 3.05) is 0 Å². The molecule has 0 rings (SSSR count). The predicted octanol–water partition coefficient (Wildman–Crippen LogP) is 0.276. The first-order chi connectivity index (χ1) is 1.41. The third-order valence-electron chi connectivity index (χ3n) is 0. The summed E-state index contributed by atoms with van der Waals surface area (Å²) in [7, 11) is 0. The Morgan fingerprint density at radius 2 is 1.75 bits per heavy atom. The second-order valence-corrected chi connectivity index (χ2v) is 0.408. The van der Waals surface area contributed by atoms with Gasteiger partial charge in [-0.3, -0.25) is 0 Å². The molecular formula is C3H8Ba. The van der Waals surface area contributed by atoms with Crippen molar-refractivity contribution < 1.29 is 0 Å². The molecule has 0 aromatic heterocycles. The summed E-state index contributed by atoms with van der Waals surface area (Å²) in [5.41, 5.74) is 0. The Bertz CT molecular complexity index is 10.8.